The van der Waals surface area contributed by atoms with Gasteiger partial charge in [-0.15, -0.1) is 0 Å². The zero-order chi connectivity index (χ0) is 29.8. The van der Waals surface area contributed by atoms with Crippen LogP contribution in [0.25, 0.3) is 0 Å². The van der Waals surface area contributed by atoms with Gasteiger partial charge in [0.1, 0.15) is 0 Å². The van der Waals surface area contributed by atoms with Crippen molar-refractivity contribution in [2.24, 2.45) is 0 Å². The number of allylic oxidation sites excluding steroid dienone is 14. The van der Waals surface area contributed by atoms with E-state index in [9.17, 15) is 9.59 Å². The lowest BCUT2D eigenvalue weighted by molar-refractivity contribution is -0.138. The Morgan fingerprint density at radius 2 is 0.750 bits per heavy atom. The van der Waals surface area contributed by atoms with E-state index in [1.54, 1.807) is 0 Å². The van der Waals surface area contributed by atoms with Gasteiger partial charge in [0.15, 0.2) is 0 Å². The molecule has 0 spiro atoms. The Kier molecular flexibility index (Phi) is 35.5. The molecule has 0 saturated carbocycles. The maximum atomic E-state index is 10.3. The van der Waals surface area contributed by atoms with Gasteiger partial charge in [-0.2, -0.15) is 0 Å². The molecule has 0 saturated heterocycles. The van der Waals surface area contributed by atoms with E-state index in [4.69, 9.17) is 10.2 Å². The summed E-state index contributed by atoms with van der Waals surface area (Å²) in [5.41, 5.74) is 0. The monoisotopic (exact) mass is 554 g/mol. The molecule has 0 heterocycles. The van der Waals surface area contributed by atoms with E-state index in [0.717, 1.165) is 83.5 Å². The largest absolute Gasteiger partial charge is 0.481 e. The summed E-state index contributed by atoms with van der Waals surface area (Å²) < 4.78 is 0. The Balaban J connectivity index is 0. The zero-order valence-corrected chi connectivity index (χ0v) is 25.5. The van der Waals surface area contributed by atoms with Crippen molar-refractivity contribution < 1.29 is 19.8 Å². The third kappa shape index (κ3) is 42.2. The fourth-order valence-electron chi connectivity index (χ4n) is 3.51. The number of rotatable bonds is 25. The first-order chi connectivity index (χ1) is 19.5. The number of carboxylic acid groups (broad SMARTS) is 2. The van der Waals surface area contributed by atoms with E-state index < -0.39 is 11.9 Å². The standard InChI is InChI=1S/C18H30O2.C18H28O2/c2*1-2-3-4-5-6-7-8-9-10-11-12-13-14-15-16-17-18(19)20/h3-4,6-7,9-10H,2,5,8,11-17H2,1H3,(H,19,20);3-4,6-7,10-11,14-15H,2,5,8-9,12-13,16-17H2,1H3,(H,19,20)/b4-3-,7-6-,10-9-;4-3-,7-6-,11-10-,15-14-. The first-order valence-electron chi connectivity index (χ1n) is 15.5. The minimum Gasteiger partial charge on any atom is -0.481 e. The number of carbonyl (C=O) groups is 2. The van der Waals surface area contributed by atoms with Crippen LogP contribution in [0.15, 0.2) is 85.1 Å². The van der Waals surface area contributed by atoms with E-state index in [1.807, 2.05) is 6.08 Å². The molecular formula is C36H58O4. The van der Waals surface area contributed by atoms with Crippen LogP contribution in [0.3, 0.4) is 0 Å². The second kappa shape index (κ2) is 36.1. The molecule has 0 aromatic rings. The Labute approximate surface area is 246 Å². The summed E-state index contributed by atoms with van der Waals surface area (Å²) in [4.78, 5) is 20.6. The smallest absolute Gasteiger partial charge is 0.303 e. The van der Waals surface area contributed by atoms with Crippen LogP contribution in [0.5, 0.6) is 0 Å². The predicted molar refractivity (Wildman–Crippen MR) is 174 cm³/mol. The van der Waals surface area contributed by atoms with Crippen molar-refractivity contribution in [1.29, 1.82) is 0 Å². The summed E-state index contributed by atoms with van der Waals surface area (Å²) in [6.45, 7) is 4.29. The van der Waals surface area contributed by atoms with Crippen LogP contribution >= 0.6 is 0 Å². The molecule has 0 rings (SSSR count). The van der Waals surface area contributed by atoms with Gasteiger partial charge in [0.25, 0.3) is 0 Å². The molecule has 0 aromatic carbocycles. The van der Waals surface area contributed by atoms with Gasteiger partial charge in [-0.3, -0.25) is 9.59 Å². The summed E-state index contributed by atoms with van der Waals surface area (Å²) in [6, 6.07) is 0. The Morgan fingerprint density at radius 3 is 1.23 bits per heavy atom. The van der Waals surface area contributed by atoms with Gasteiger partial charge in [0, 0.05) is 12.8 Å². The molecule has 4 heteroatoms. The molecule has 0 unspecified atom stereocenters. The molecule has 0 aliphatic rings. The van der Waals surface area contributed by atoms with Crippen LogP contribution in [0.4, 0.5) is 0 Å². The van der Waals surface area contributed by atoms with Gasteiger partial charge in [0.05, 0.1) is 0 Å². The third-order valence-corrected chi connectivity index (χ3v) is 5.74. The number of carboxylic acids is 2. The second-order valence-corrected chi connectivity index (χ2v) is 9.61. The van der Waals surface area contributed by atoms with Crippen molar-refractivity contribution in [3.05, 3.63) is 85.1 Å². The molecule has 0 bridgehead atoms. The Morgan fingerprint density at radius 1 is 0.400 bits per heavy atom. The molecular weight excluding hydrogens is 496 g/mol. The first kappa shape index (κ1) is 39.3. The second-order valence-electron chi connectivity index (χ2n) is 9.61. The minimum absolute atomic E-state index is 0.228. The van der Waals surface area contributed by atoms with Gasteiger partial charge >= 0.3 is 11.9 Å². The Bertz CT molecular complexity index is 766. The SMILES string of the molecule is CC/C=C\C/C=C\C/C=C\CCCCCCCC(=O)O.CC/C=C\C/C=C\CC/C=C\CC/C=C\CCC(=O)O. The summed E-state index contributed by atoms with van der Waals surface area (Å²) in [7, 11) is 0. The average Bonchev–Trinajstić information content (AvgIpc) is 2.93. The molecule has 0 radical (unpaired) electrons. The van der Waals surface area contributed by atoms with Gasteiger partial charge in [-0.25, -0.2) is 0 Å². The number of unbranched alkanes of at least 4 members (excludes halogenated alkanes) is 7. The van der Waals surface area contributed by atoms with Gasteiger partial charge in [-0.1, -0.05) is 118 Å². The van der Waals surface area contributed by atoms with Gasteiger partial charge < -0.3 is 10.2 Å². The Hall–Kier alpha value is -2.88. The maximum Gasteiger partial charge on any atom is 0.303 e. The lowest BCUT2D eigenvalue weighted by Crippen LogP contribution is -1.93. The van der Waals surface area contributed by atoms with E-state index in [1.165, 1.54) is 12.8 Å². The molecule has 4 nitrogen and oxygen atoms in total. The van der Waals surface area contributed by atoms with Crippen molar-refractivity contribution in [2.75, 3.05) is 0 Å². The van der Waals surface area contributed by atoms with E-state index in [0.29, 0.717) is 12.8 Å². The van der Waals surface area contributed by atoms with E-state index in [2.05, 4.69) is 92.8 Å². The quantitative estimate of drug-likeness (QED) is 0.0869. The van der Waals surface area contributed by atoms with E-state index in [-0.39, 0.29) is 6.42 Å². The highest BCUT2D eigenvalue weighted by atomic mass is 16.4. The van der Waals surface area contributed by atoms with Crippen molar-refractivity contribution in [3.8, 4) is 0 Å². The first-order valence-corrected chi connectivity index (χ1v) is 15.5. The molecule has 0 aliphatic carbocycles. The van der Waals surface area contributed by atoms with Crippen molar-refractivity contribution >= 4 is 11.9 Å². The van der Waals surface area contributed by atoms with E-state index >= 15 is 0 Å². The normalized spacial score (nSPS) is 12.2. The number of hydrogen-bond acceptors (Lipinski definition) is 2. The minimum atomic E-state index is -0.729. The number of aliphatic carboxylic acids is 2. The van der Waals surface area contributed by atoms with Crippen molar-refractivity contribution in [3.63, 3.8) is 0 Å². The van der Waals surface area contributed by atoms with Crippen molar-refractivity contribution in [2.45, 2.75) is 129 Å². The van der Waals surface area contributed by atoms with Crippen LogP contribution in [0.2, 0.25) is 0 Å². The van der Waals surface area contributed by atoms with Crippen LogP contribution in [-0.2, 0) is 9.59 Å². The maximum absolute atomic E-state index is 10.3. The highest BCUT2D eigenvalue weighted by molar-refractivity contribution is 5.67. The predicted octanol–water partition coefficient (Wildman–Crippen LogP) is 11.1. The molecule has 0 aromatic heterocycles. The molecule has 0 atom stereocenters. The van der Waals surface area contributed by atoms with Crippen LogP contribution in [-0.4, -0.2) is 22.2 Å². The molecule has 2 N–H and O–H groups in total. The van der Waals surface area contributed by atoms with Gasteiger partial charge in [0.2, 0.25) is 0 Å². The highest BCUT2D eigenvalue weighted by Gasteiger charge is 1.95. The summed E-state index contributed by atoms with van der Waals surface area (Å²) >= 11 is 0. The molecule has 0 aliphatic heterocycles. The lowest BCUT2D eigenvalue weighted by atomic mass is 10.1. The fraction of sp³-hybridized carbons (Fsp3) is 0.556. The summed E-state index contributed by atoms with van der Waals surface area (Å²) in [6.07, 6.45) is 47.9. The van der Waals surface area contributed by atoms with Crippen LogP contribution in [0.1, 0.15) is 129 Å². The summed E-state index contributed by atoms with van der Waals surface area (Å²) in [5, 5.41) is 17.0. The molecule has 226 valence electrons. The lowest BCUT2D eigenvalue weighted by Gasteiger charge is -1.98. The van der Waals surface area contributed by atoms with Crippen LogP contribution in [0, 0.1) is 0 Å². The third-order valence-electron chi connectivity index (χ3n) is 5.74. The average molecular weight is 555 g/mol. The topological polar surface area (TPSA) is 74.6 Å². The highest BCUT2D eigenvalue weighted by Crippen LogP contribution is 2.08. The fourth-order valence-corrected chi connectivity index (χ4v) is 3.51. The molecule has 0 amide bonds. The molecule has 0 fully saturated rings. The zero-order valence-electron chi connectivity index (χ0n) is 25.5. The van der Waals surface area contributed by atoms with Crippen molar-refractivity contribution in [1.82, 2.24) is 0 Å². The molecule has 40 heavy (non-hydrogen) atoms. The summed E-state index contributed by atoms with van der Waals surface area (Å²) in [5.74, 6) is -1.40. The van der Waals surface area contributed by atoms with Gasteiger partial charge in [-0.05, 0) is 83.5 Å². The van der Waals surface area contributed by atoms with Crippen LogP contribution < -0.4 is 0 Å². The number of hydrogen-bond donors (Lipinski definition) is 2.